The van der Waals surface area contributed by atoms with E-state index in [4.69, 9.17) is 33.7 Å². The number of methoxy groups -OCH3 is 1. The van der Waals surface area contributed by atoms with Crippen molar-refractivity contribution in [2.24, 2.45) is 0 Å². The lowest BCUT2D eigenvalue weighted by Gasteiger charge is -2.11. The van der Waals surface area contributed by atoms with E-state index in [-0.39, 0.29) is 5.75 Å². The minimum absolute atomic E-state index is 0.257. The van der Waals surface area contributed by atoms with E-state index in [0.29, 0.717) is 26.4 Å². The molecule has 2 aromatic carbocycles. The number of rotatable bonds is 4. The molecule has 0 aliphatic heterocycles. The molecule has 2 aromatic rings. The summed E-state index contributed by atoms with van der Waals surface area (Å²) in [5.74, 6) is 0.855. The summed E-state index contributed by atoms with van der Waals surface area (Å²) in [7, 11) is 0.185. The second-order valence-corrected chi connectivity index (χ2v) is 6.31. The Balaban J connectivity index is 2.33. The van der Waals surface area contributed by atoms with Crippen molar-refractivity contribution in [1.82, 2.24) is 0 Å². The third kappa shape index (κ3) is 3.26. The zero-order chi connectivity index (χ0) is 14.7. The molecule has 0 radical (unpaired) electrons. The summed E-state index contributed by atoms with van der Waals surface area (Å²) in [6, 6.07) is 10.3. The van der Waals surface area contributed by atoms with Gasteiger partial charge in [-0.1, -0.05) is 35.3 Å². The largest absolute Gasteiger partial charge is 0.496 e. The van der Waals surface area contributed by atoms with Crippen LogP contribution in [0.15, 0.2) is 41.3 Å². The van der Waals surface area contributed by atoms with Crippen molar-refractivity contribution in [3.05, 3.63) is 52.0 Å². The van der Waals surface area contributed by atoms with Gasteiger partial charge in [0, 0.05) is 17.3 Å². The number of nitrogens with two attached hydrogens (primary N) is 1. The third-order valence-electron chi connectivity index (χ3n) is 2.74. The van der Waals surface area contributed by atoms with Crippen LogP contribution in [0.2, 0.25) is 10.0 Å². The van der Waals surface area contributed by atoms with Crippen molar-refractivity contribution in [2.75, 3.05) is 12.8 Å². The zero-order valence-electron chi connectivity index (χ0n) is 10.7. The van der Waals surface area contributed by atoms with E-state index in [1.165, 1.54) is 0 Å². The number of anilines is 1. The molecule has 3 nitrogen and oxygen atoms in total. The number of hydrogen-bond donors (Lipinski definition) is 1. The second-order valence-electron chi connectivity index (χ2n) is 4.11. The van der Waals surface area contributed by atoms with E-state index >= 15 is 0 Å². The van der Waals surface area contributed by atoms with Gasteiger partial charge in [-0.3, -0.25) is 4.21 Å². The second kappa shape index (κ2) is 6.48. The fourth-order valence-electron chi connectivity index (χ4n) is 1.79. The maximum Gasteiger partial charge on any atom is 0.125 e. The standard InChI is InChI=1S/C14H13Cl2NO2S/c1-19-13-7-10(17)6-5-9(13)8-20(18)14-11(15)3-2-4-12(14)16/h2-7H,8,17H2,1H3. The van der Waals surface area contributed by atoms with Gasteiger partial charge in [-0.15, -0.1) is 0 Å². The van der Waals surface area contributed by atoms with Crippen molar-refractivity contribution < 1.29 is 8.95 Å². The summed E-state index contributed by atoms with van der Waals surface area (Å²) in [5.41, 5.74) is 7.07. The molecule has 2 N–H and O–H groups in total. The maximum atomic E-state index is 12.5. The first-order chi connectivity index (χ1) is 9.52. The molecular weight excluding hydrogens is 317 g/mol. The molecule has 0 aliphatic rings. The van der Waals surface area contributed by atoms with Crippen LogP contribution in [0.5, 0.6) is 5.75 Å². The summed E-state index contributed by atoms with van der Waals surface area (Å²) >= 11 is 12.1. The first-order valence-corrected chi connectivity index (χ1v) is 7.85. The van der Waals surface area contributed by atoms with Crippen LogP contribution in [0.1, 0.15) is 5.56 Å². The quantitative estimate of drug-likeness (QED) is 0.865. The third-order valence-corrected chi connectivity index (χ3v) is 5.07. The van der Waals surface area contributed by atoms with E-state index in [2.05, 4.69) is 0 Å². The Bertz CT molecular complexity index is 641. The zero-order valence-corrected chi connectivity index (χ0v) is 13.1. The SMILES string of the molecule is COc1cc(N)ccc1CS(=O)c1c(Cl)cccc1Cl. The molecule has 0 saturated heterocycles. The number of ether oxygens (including phenoxy) is 1. The smallest absolute Gasteiger partial charge is 0.125 e. The van der Waals surface area contributed by atoms with Crippen molar-refractivity contribution in [3.63, 3.8) is 0 Å². The monoisotopic (exact) mass is 329 g/mol. The van der Waals surface area contributed by atoms with Gasteiger partial charge in [0.05, 0.1) is 38.6 Å². The lowest BCUT2D eigenvalue weighted by molar-refractivity contribution is 0.411. The summed E-state index contributed by atoms with van der Waals surface area (Å²) in [4.78, 5) is 0.440. The molecule has 0 fully saturated rings. The molecule has 0 aromatic heterocycles. The molecule has 1 unspecified atom stereocenters. The molecule has 6 heteroatoms. The van der Waals surface area contributed by atoms with Gasteiger partial charge in [0.2, 0.25) is 0 Å². The topological polar surface area (TPSA) is 52.3 Å². The number of nitrogen functional groups attached to an aromatic ring is 1. The minimum Gasteiger partial charge on any atom is -0.496 e. The average Bonchev–Trinajstić information content (AvgIpc) is 2.40. The van der Waals surface area contributed by atoms with E-state index < -0.39 is 10.8 Å². The highest BCUT2D eigenvalue weighted by Crippen LogP contribution is 2.31. The van der Waals surface area contributed by atoms with Gasteiger partial charge in [-0.2, -0.15) is 0 Å². The van der Waals surface area contributed by atoms with Crippen LogP contribution in [0.3, 0.4) is 0 Å². The van der Waals surface area contributed by atoms with Gasteiger partial charge in [0.1, 0.15) is 5.75 Å². The molecule has 20 heavy (non-hydrogen) atoms. The Morgan fingerprint density at radius 2 is 1.85 bits per heavy atom. The van der Waals surface area contributed by atoms with Crippen molar-refractivity contribution in [1.29, 1.82) is 0 Å². The van der Waals surface area contributed by atoms with Crippen molar-refractivity contribution in [2.45, 2.75) is 10.6 Å². The van der Waals surface area contributed by atoms with Crippen LogP contribution < -0.4 is 10.5 Å². The Morgan fingerprint density at radius 1 is 1.20 bits per heavy atom. The van der Waals surface area contributed by atoms with Crippen LogP contribution in [0.4, 0.5) is 5.69 Å². The van der Waals surface area contributed by atoms with Crippen LogP contribution in [-0.2, 0) is 16.6 Å². The molecule has 0 heterocycles. The fraction of sp³-hybridized carbons (Fsp3) is 0.143. The highest BCUT2D eigenvalue weighted by atomic mass is 35.5. The van der Waals surface area contributed by atoms with E-state index in [0.717, 1.165) is 5.56 Å². The molecule has 0 amide bonds. The molecular formula is C14H13Cl2NO2S. The van der Waals surface area contributed by atoms with Crippen molar-refractivity contribution >= 4 is 39.7 Å². The number of benzene rings is 2. The Morgan fingerprint density at radius 3 is 2.45 bits per heavy atom. The van der Waals surface area contributed by atoms with E-state index in [1.54, 1.807) is 43.5 Å². The lowest BCUT2D eigenvalue weighted by Crippen LogP contribution is -2.01. The average molecular weight is 330 g/mol. The summed E-state index contributed by atoms with van der Waals surface area (Å²) in [6.07, 6.45) is 0. The highest BCUT2D eigenvalue weighted by molar-refractivity contribution is 7.84. The van der Waals surface area contributed by atoms with Crippen molar-refractivity contribution in [3.8, 4) is 5.75 Å². The molecule has 0 bridgehead atoms. The molecule has 0 saturated carbocycles. The molecule has 1 atom stereocenters. The highest BCUT2D eigenvalue weighted by Gasteiger charge is 2.15. The fourth-order valence-corrected chi connectivity index (χ4v) is 3.94. The number of halogens is 2. The summed E-state index contributed by atoms with van der Waals surface area (Å²) < 4.78 is 17.7. The van der Waals surface area contributed by atoms with Crippen LogP contribution in [0.25, 0.3) is 0 Å². The first-order valence-electron chi connectivity index (χ1n) is 5.77. The summed E-state index contributed by atoms with van der Waals surface area (Å²) in [6.45, 7) is 0. The predicted octanol–water partition coefficient (Wildman–Crippen LogP) is 3.89. The minimum atomic E-state index is -1.36. The maximum absolute atomic E-state index is 12.5. The molecule has 0 aliphatic carbocycles. The Hall–Kier alpha value is -1.23. The normalized spacial score (nSPS) is 12.2. The van der Waals surface area contributed by atoms with Crippen LogP contribution in [-0.4, -0.2) is 11.3 Å². The van der Waals surface area contributed by atoms with E-state index in [1.807, 2.05) is 0 Å². The summed E-state index contributed by atoms with van der Waals surface area (Å²) in [5, 5.41) is 0.787. The van der Waals surface area contributed by atoms with Crippen LogP contribution >= 0.6 is 23.2 Å². The molecule has 0 spiro atoms. The van der Waals surface area contributed by atoms with Gasteiger partial charge in [0.15, 0.2) is 0 Å². The molecule has 2 rings (SSSR count). The van der Waals surface area contributed by atoms with Crippen LogP contribution in [0, 0.1) is 0 Å². The van der Waals surface area contributed by atoms with E-state index in [9.17, 15) is 4.21 Å². The van der Waals surface area contributed by atoms with Gasteiger partial charge in [-0.05, 0) is 18.2 Å². The van der Waals surface area contributed by atoms with Gasteiger partial charge in [-0.25, -0.2) is 0 Å². The van der Waals surface area contributed by atoms with Gasteiger partial charge >= 0.3 is 0 Å². The predicted molar refractivity (Wildman–Crippen MR) is 84.0 cm³/mol. The first kappa shape index (κ1) is 15.2. The lowest BCUT2D eigenvalue weighted by atomic mass is 10.2. The Labute approximate surface area is 130 Å². The Kier molecular flexibility index (Phi) is 4.91. The number of hydrogen-bond acceptors (Lipinski definition) is 3. The van der Waals surface area contributed by atoms with Gasteiger partial charge < -0.3 is 10.5 Å². The van der Waals surface area contributed by atoms with Gasteiger partial charge in [0.25, 0.3) is 0 Å². The molecule has 106 valence electrons.